The number of hydrogen-bond donors (Lipinski definition) is 1. The quantitative estimate of drug-likeness (QED) is 0.290. The zero-order valence-electron chi connectivity index (χ0n) is 11.1. The highest BCUT2D eigenvalue weighted by atomic mass is 16.5. The molecule has 0 unspecified atom stereocenters. The maximum atomic E-state index is 11.6. The van der Waals surface area contributed by atoms with Gasteiger partial charge in [0.25, 0.3) is 0 Å². The first kappa shape index (κ1) is 14.8. The zero-order chi connectivity index (χ0) is 14.4. The largest absolute Gasteiger partial charge is 0.506 e. The summed E-state index contributed by atoms with van der Waals surface area (Å²) in [6.07, 6.45) is 0. The molecule has 5 nitrogen and oxygen atoms in total. The third-order valence-electron chi connectivity index (χ3n) is 2.43. The number of carbonyl (C=O) groups excluding carboxylic acids is 2. The van der Waals surface area contributed by atoms with Crippen molar-refractivity contribution in [1.29, 1.82) is 0 Å². The summed E-state index contributed by atoms with van der Waals surface area (Å²) < 4.78 is 9.74. The third kappa shape index (κ3) is 3.58. The number of ketones is 1. The smallest absolute Gasteiger partial charge is 0.345 e. The van der Waals surface area contributed by atoms with E-state index in [1.165, 1.54) is 14.0 Å². The first-order valence-electron chi connectivity index (χ1n) is 5.77. The Bertz CT molecular complexity index is 499. The number of carbonyl (C=O) groups is 2. The van der Waals surface area contributed by atoms with Crippen LogP contribution in [0, 0.1) is 0 Å². The Morgan fingerprint density at radius 1 is 1.21 bits per heavy atom. The van der Waals surface area contributed by atoms with Gasteiger partial charge in [-0.15, -0.1) is 0 Å². The Balaban J connectivity index is 3.20. The molecule has 1 rings (SSSR count). The summed E-state index contributed by atoms with van der Waals surface area (Å²) in [6, 6.07) is 6.34. The molecule has 1 aromatic rings. The second-order valence-electron chi connectivity index (χ2n) is 3.73. The van der Waals surface area contributed by atoms with E-state index in [0.29, 0.717) is 11.3 Å². The number of ether oxygens (including phenoxy) is 2. The lowest BCUT2D eigenvalue weighted by Crippen LogP contribution is -2.16. The van der Waals surface area contributed by atoms with E-state index in [1.54, 1.807) is 31.2 Å². The molecule has 19 heavy (non-hydrogen) atoms. The first-order chi connectivity index (χ1) is 9.01. The average molecular weight is 264 g/mol. The highest BCUT2D eigenvalue weighted by Gasteiger charge is 2.22. The lowest BCUT2D eigenvalue weighted by molar-refractivity contribution is -0.139. The van der Waals surface area contributed by atoms with E-state index in [4.69, 9.17) is 9.47 Å². The van der Waals surface area contributed by atoms with Crippen molar-refractivity contribution < 1.29 is 24.2 Å². The Hall–Kier alpha value is -2.30. The van der Waals surface area contributed by atoms with Crippen molar-refractivity contribution in [2.24, 2.45) is 0 Å². The topological polar surface area (TPSA) is 72.8 Å². The molecule has 0 saturated heterocycles. The van der Waals surface area contributed by atoms with E-state index < -0.39 is 17.5 Å². The van der Waals surface area contributed by atoms with Crippen LogP contribution in [0.1, 0.15) is 19.4 Å². The number of aliphatic hydroxyl groups excluding tert-OH is 1. The molecule has 1 N–H and O–H groups in total. The molecule has 5 heteroatoms. The molecule has 0 heterocycles. The summed E-state index contributed by atoms with van der Waals surface area (Å²) in [6.45, 7) is 2.96. The second kappa shape index (κ2) is 6.58. The highest BCUT2D eigenvalue weighted by Crippen LogP contribution is 2.20. The number of benzene rings is 1. The molecule has 1 aromatic carbocycles. The van der Waals surface area contributed by atoms with Crippen LogP contribution in [0.25, 0.3) is 5.76 Å². The van der Waals surface area contributed by atoms with Crippen molar-refractivity contribution in [3.63, 3.8) is 0 Å². The minimum atomic E-state index is -0.830. The van der Waals surface area contributed by atoms with Gasteiger partial charge in [-0.25, -0.2) is 4.79 Å². The standard InChI is InChI=1S/C14H16O5/c1-4-19-14(17)12(9(2)15)13(16)10-5-7-11(18-3)8-6-10/h5-8,16H,4H2,1-3H3. The van der Waals surface area contributed by atoms with E-state index in [1.807, 2.05) is 0 Å². The van der Waals surface area contributed by atoms with Crippen LogP contribution in [0.2, 0.25) is 0 Å². The van der Waals surface area contributed by atoms with E-state index in [0.717, 1.165) is 0 Å². The number of methoxy groups -OCH3 is 1. The van der Waals surface area contributed by atoms with Crippen molar-refractivity contribution in [3.8, 4) is 5.75 Å². The van der Waals surface area contributed by atoms with Gasteiger partial charge in [-0.05, 0) is 38.1 Å². The average Bonchev–Trinajstić information content (AvgIpc) is 2.38. The van der Waals surface area contributed by atoms with Gasteiger partial charge in [-0.2, -0.15) is 0 Å². The Kier molecular flexibility index (Phi) is 5.11. The predicted molar refractivity (Wildman–Crippen MR) is 69.9 cm³/mol. The fraction of sp³-hybridized carbons (Fsp3) is 0.286. The van der Waals surface area contributed by atoms with Crippen molar-refractivity contribution in [1.82, 2.24) is 0 Å². The molecule has 0 spiro atoms. The molecule has 0 fully saturated rings. The molecular formula is C14H16O5. The SMILES string of the molecule is CCOC(=O)C(C(C)=O)=C(O)c1ccc(OC)cc1. The number of rotatable bonds is 5. The van der Waals surface area contributed by atoms with E-state index in [9.17, 15) is 14.7 Å². The maximum absolute atomic E-state index is 11.6. The summed E-state index contributed by atoms with van der Waals surface area (Å²) in [5.74, 6) is -1.17. The monoisotopic (exact) mass is 264 g/mol. The van der Waals surface area contributed by atoms with Crippen molar-refractivity contribution in [2.75, 3.05) is 13.7 Å². The summed E-state index contributed by atoms with van der Waals surface area (Å²) in [7, 11) is 1.52. The number of hydrogen-bond acceptors (Lipinski definition) is 5. The highest BCUT2D eigenvalue weighted by molar-refractivity contribution is 6.21. The van der Waals surface area contributed by atoms with Crippen LogP contribution in [-0.4, -0.2) is 30.6 Å². The molecule has 0 aliphatic rings. The van der Waals surface area contributed by atoms with Crippen LogP contribution in [-0.2, 0) is 14.3 Å². The van der Waals surface area contributed by atoms with Crippen molar-refractivity contribution >= 4 is 17.5 Å². The lowest BCUT2D eigenvalue weighted by Gasteiger charge is -2.08. The van der Waals surface area contributed by atoms with E-state index in [-0.39, 0.29) is 12.2 Å². The fourth-order valence-corrected chi connectivity index (χ4v) is 1.50. The van der Waals surface area contributed by atoms with Gasteiger partial charge in [-0.1, -0.05) is 0 Å². The molecule has 0 atom stereocenters. The zero-order valence-corrected chi connectivity index (χ0v) is 11.1. The Morgan fingerprint density at radius 3 is 2.21 bits per heavy atom. The minimum absolute atomic E-state index is 0.130. The molecule has 0 bridgehead atoms. The van der Waals surface area contributed by atoms with Crippen LogP contribution in [0.15, 0.2) is 29.8 Å². The molecule has 0 radical (unpaired) electrons. The number of esters is 1. The molecule has 0 saturated carbocycles. The molecule has 0 aromatic heterocycles. The summed E-state index contributed by atoms with van der Waals surface area (Å²) in [5, 5.41) is 10.0. The summed E-state index contributed by atoms with van der Waals surface area (Å²) >= 11 is 0. The molecule has 0 aliphatic carbocycles. The Labute approximate surface area is 111 Å². The van der Waals surface area contributed by atoms with E-state index in [2.05, 4.69) is 0 Å². The van der Waals surface area contributed by atoms with Crippen LogP contribution >= 0.6 is 0 Å². The third-order valence-corrected chi connectivity index (χ3v) is 2.43. The van der Waals surface area contributed by atoms with Crippen LogP contribution in [0.3, 0.4) is 0 Å². The van der Waals surface area contributed by atoms with Crippen molar-refractivity contribution in [3.05, 3.63) is 35.4 Å². The maximum Gasteiger partial charge on any atom is 0.345 e. The van der Waals surface area contributed by atoms with Gasteiger partial charge in [0.1, 0.15) is 17.1 Å². The molecular weight excluding hydrogens is 248 g/mol. The summed E-state index contributed by atoms with van der Waals surface area (Å²) in [4.78, 5) is 23.1. The minimum Gasteiger partial charge on any atom is -0.506 e. The lowest BCUT2D eigenvalue weighted by atomic mass is 10.1. The van der Waals surface area contributed by atoms with Gasteiger partial charge in [0.05, 0.1) is 13.7 Å². The number of aliphatic hydroxyl groups is 1. The summed E-state index contributed by atoms with van der Waals surface area (Å²) in [5.41, 5.74) is -0.00827. The molecule has 0 aliphatic heterocycles. The van der Waals surface area contributed by atoms with Gasteiger partial charge in [0.2, 0.25) is 0 Å². The normalized spacial score (nSPS) is 11.5. The first-order valence-corrected chi connectivity index (χ1v) is 5.77. The Morgan fingerprint density at radius 2 is 1.79 bits per heavy atom. The van der Waals surface area contributed by atoms with Crippen LogP contribution < -0.4 is 4.74 Å². The van der Waals surface area contributed by atoms with Gasteiger partial charge in [0, 0.05) is 5.56 Å². The number of Topliss-reactive ketones (excluding diaryl/α,β-unsaturated/α-hetero) is 1. The van der Waals surface area contributed by atoms with Gasteiger partial charge < -0.3 is 14.6 Å². The van der Waals surface area contributed by atoms with Gasteiger partial charge in [-0.3, -0.25) is 4.79 Å². The molecule has 0 amide bonds. The van der Waals surface area contributed by atoms with Gasteiger partial charge >= 0.3 is 5.97 Å². The van der Waals surface area contributed by atoms with Crippen LogP contribution in [0.4, 0.5) is 0 Å². The predicted octanol–water partition coefficient (Wildman–Crippen LogP) is 2.12. The van der Waals surface area contributed by atoms with Crippen LogP contribution in [0.5, 0.6) is 5.75 Å². The van der Waals surface area contributed by atoms with Gasteiger partial charge in [0.15, 0.2) is 5.78 Å². The fourth-order valence-electron chi connectivity index (χ4n) is 1.50. The molecule has 102 valence electrons. The van der Waals surface area contributed by atoms with Crippen molar-refractivity contribution in [2.45, 2.75) is 13.8 Å². The van der Waals surface area contributed by atoms with E-state index >= 15 is 0 Å². The second-order valence-corrected chi connectivity index (χ2v) is 3.73.